The highest BCUT2D eigenvalue weighted by Crippen LogP contribution is 2.00. The van der Waals surface area contributed by atoms with E-state index in [1.54, 1.807) is 0 Å². The average Bonchev–Trinajstić information content (AvgIpc) is 2.24. The normalized spacial score (nSPS) is 11.3. The van der Waals surface area contributed by atoms with Gasteiger partial charge in [-0.15, -0.1) is 5.73 Å². The largest absolute Gasteiger partial charge is 0.380 e. The Balaban J connectivity index is 4.08. The Bertz CT molecular complexity index is 265. The summed E-state index contributed by atoms with van der Waals surface area (Å²) < 4.78 is 0. The van der Waals surface area contributed by atoms with Crippen molar-refractivity contribution in [2.45, 2.75) is 33.6 Å². The zero-order valence-electron chi connectivity index (χ0n) is 10.5. The molecule has 0 N–H and O–H groups in total. The van der Waals surface area contributed by atoms with Gasteiger partial charge in [-0.25, -0.2) is 0 Å². The molecule has 0 fully saturated rings. The summed E-state index contributed by atoms with van der Waals surface area (Å²) >= 11 is 0. The van der Waals surface area contributed by atoms with Gasteiger partial charge in [-0.1, -0.05) is 19.9 Å². The fraction of sp³-hybridized carbons (Fsp3) is 0.500. The van der Waals surface area contributed by atoms with Crippen LogP contribution < -0.4 is 0 Å². The summed E-state index contributed by atoms with van der Waals surface area (Å²) in [5.74, 6) is 0. The predicted octanol–water partition coefficient (Wildman–Crippen LogP) is 3.91. The first-order valence-corrected chi connectivity index (χ1v) is 5.69. The number of rotatable bonds is 6. The monoisotopic (exact) mass is 205 g/mol. The number of hydrogen-bond donors (Lipinski definition) is 0. The topological polar surface area (TPSA) is 3.24 Å². The maximum atomic E-state index is 3.15. The summed E-state index contributed by atoms with van der Waals surface area (Å²) in [5.41, 5.74) is 4.47. The Morgan fingerprint density at radius 1 is 1.33 bits per heavy atom. The van der Waals surface area contributed by atoms with E-state index < -0.39 is 0 Å². The third kappa shape index (κ3) is 7.84. The third-order valence-electron chi connectivity index (χ3n) is 2.16. The predicted molar refractivity (Wildman–Crippen MR) is 68.8 cm³/mol. The van der Waals surface area contributed by atoms with E-state index in [2.05, 4.69) is 50.7 Å². The fourth-order valence-electron chi connectivity index (χ4n) is 1.22. The molecular weight excluding hydrogens is 182 g/mol. The zero-order chi connectivity index (χ0) is 11.5. The molecule has 0 amide bonds. The van der Waals surface area contributed by atoms with Crippen molar-refractivity contribution in [3.63, 3.8) is 0 Å². The summed E-state index contributed by atoms with van der Waals surface area (Å²) in [5, 5.41) is 0. The molecule has 0 aliphatic carbocycles. The van der Waals surface area contributed by atoms with Gasteiger partial charge in [-0.2, -0.15) is 0 Å². The van der Waals surface area contributed by atoms with Gasteiger partial charge >= 0.3 is 0 Å². The fourth-order valence-corrected chi connectivity index (χ4v) is 1.22. The molecule has 0 heterocycles. The first-order chi connectivity index (χ1) is 7.24. The summed E-state index contributed by atoms with van der Waals surface area (Å²) in [4.78, 5) is 2.18. The quantitative estimate of drug-likeness (QED) is 0.469. The molecule has 1 nitrogen and oxygen atoms in total. The highest BCUT2D eigenvalue weighted by molar-refractivity contribution is 5.18. The average molecular weight is 205 g/mol. The number of nitrogens with zero attached hydrogens (tertiary/aromatic N) is 1. The molecule has 0 radical (unpaired) electrons. The first-order valence-electron chi connectivity index (χ1n) is 5.69. The van der Waals surface area contributed by atoms with Crippen LogP contribution in [-0.4, -0.2) is 18.5 Å². The van der Waals surface area contributed by atoms with E-state index in [1.165, 1.54) is 12.0 Å². The lowest BCUT2D eigenvalue weighted by Gasteiger charge is -2.10. The van der Waals surface area contributed by atoms with E-state index in [-0.39, 0.29) is 0 Å². The molecule has 0 bridgehead atoms. The second-order valence-electron chi connectivity index (χ2n) is 3.52. The molecule has 0 aliphatic heterocycles. The van der Waals surface area contributed by atoms with Crippen molar-refractivity contribution in [1.82, 2.24) is 4.90 Å². The maximum absolute atomic E-state index is 3.15. The molecule has 0 aromatic carbocycles. The lowest BCUT2D eigenvalue weighted by molar-refractivity contribution is 0.454. The SMILES string of the molecule is C/C=C(\C=C=C/C=C/N(C)CCC)CC. The maximum Gasteiger partial charge on any atom is 0.0166 e. The Kier molecular flexibility index (Phi) is 8.61. The Labute approximate surface area is 94.5 Å². The summed E-state index contributed by atoms with van der Waals surface area (Å²) in [6, 6.07) is 0. The lowest BCUT2D eigenvalue weighted by Crippen LogP contribution is -2.10. The third-order valence-corrected chi connectivity index (χ3v) is 2.16. The molecule has 0 rings (SSSR count). The molecule has 0 aliphatic rings. The van der Waals surface area contributed by atoms with Crippen molar-refractivity contribution < 1.29 is 0 Å². The molecule has 84 valence electrons. The number of allylic oxidation sites excluding steroid dienone is 4. The standard InChI is InChI=1S/C14H23N/c1-5-12-15(4)13-10-8-9-11-14(6-2)7-3/h6,8,10-11,13H,5,7,12H2,1-4H3/b13-10+,14-6-. The Hall–Kier alpha value is -1.20. The van der Waals surface area contributed by atoms with Crippen LogP contribution in [-0.2, 0) is 0 Å². The van der Waals surface area contributed by atoms with E-state index in [9.17, 15) is 0 Å². The van der Waals surface area contributed by atoms with Crippen LogP contribution in [0, 0.1) is 0 Å². The summed E-state index contributed by atoms with van der Waals surface area (Å²) in [7, 11) is 2.08. The van der Waals surface area contributed by atoms with Crippen LogP contribution in [0.5, 0.6) is 0 Å². The molecule has 0 unspecified atom stereocenters. The molecule has 0 aromatic heterocycles. The van der Waals surface area contributed by atoms with Gasteiger partial charge < -0.3 is 4.90 Å². The minimum Gasteiger partial charge on any atom is -0.380 e. The summed E-state index contributed by atoms with van der Waals surface area (Å²) in [6.45, 7) is 7.49. The summed E-state index contributed by atoms with van der Waals surface area (Å²) in [6.07, 6.45) is 12.4. The molecule has 0 saturated heterocycles. The second kappa shape index (κ2) is 9.36. The zero-order valence-corrected chi connectivity index (χ0v) is 10.5. The molecule has 0 atom stereocenters. The highest BCUT2D eigenvalue weighted by atomic mass is 15.1. The van der Waals surface area contributed by atoms with Gasteiger partial charge in [0, 0.05) is 13.6 Å². The van der Waals surface area contributed by atoms with Crippen molar-refractivity contribution in [3.05, 3.63) is 41.8 Å². The van der Waals surface area contributed by atoms with Crippen molar-refractivity contribution >= 4 is 0 Å². The smallest absolute Gasteiger partial charge is 0.0166 e. The van der Waals surface area contributed by atoms with Gasteiger partial charge in [-0.3, -0.25) is 0 Å². The van der Waals surface area contributed by atoms with Crippen LogP contribution in [0.25, 0.3) is 0 Å². The van der Waals surface area contributed by atoms with Crippen molar-refractivity contribution in [2.24, 2.45) is 0 Å². The molecule has 0 spiro atoms. The molecule has 0 saturated carbocycles. The van der Waals surface area contributed by atoms with E-state index in [1.807, 2.05) is 18.2 Å². The van der Waals surface area contributed by atoms with Crippen LogP contribution in [0.4, 0.5) is 0 Å². The van der Waals surface area contributed by atoms with E-state index in [4.69, 9.17) is 0 Å². The minimum atomic E-state index is 1.07. The van der Waals surface area contributed by atoms with E-state index in [0.29, 0.717) is 0 Å². The van der Waals surface area contributed by atoms with Gasteiger partial charge in [0.25, 0.3) is 0 Å². The molecule has 0 aromatic rings. The van der Waals surface area contributed by atoms with Gasteiger partial charge in [0.2, 0.25) is 0 Å². The lowest BCUT2D eigenvalue weighted by atomic mass is 10.2. The highest BCUT2D eigenvalue weighted by Gasteiger charge is 1.84. The van der Waals surface area contributed by atoms with Crippen LogP contribution >= 0.6 is 0 Å². The number of hydrogen-bond acceptors (Lipinski definition) is 1. The Morgan fingerprint density at radius 2 is 2.07 bits per heavy atom. The van der Waals surface area contributed by atoms with Gasteiger partial charge in [-0.05, 0) is 49.8 Å². The van der Waals surface area contributed by atoms with Gasteiger partial charge in [0.15, 0.2) is 0 Å². The molecular formula is C14H23N. The van der Waals surface area contributed by atoms with Crippen LogP contribution in [0.3, 0.4) is 0 Å². The van der Waals surface area contributed by atoms with E-state index >= 15 is 0 Å². The van der Waals surface area contributed by atoms with Gasteiger partial charge in [0.05, 0.1) is 0 Å². The van der Waals surface area contributed by atoms with E-state index in [0.717, 1.165) is 13.0 Å². The van der Waals surface area contributed by atoms with Crippen LogP contribution in [0.15, 0.2) is 41.8 Å². The van der Waals surface area contributed by atoms with Crippen molar-refractivity contribution in [2.75, 3.05) is 13.6 Å². The van der Waals surface area contributed by atoms with Crippen LogP contribution in [0.1, 0.15) is 33.6 Å². The molecule has 1 heteroatoms. The minimum absolute atomic E-state index is 1.07. The van der Waals surface area contributed by atoms with Crippen molar-refractivity contribution in [3.8, 4) is 0 Å². The van der Waals surface area contributed by atoms with Crippen molar-refractivity contribution in [1.29, 1.82) is 0 Å². The Morgan fingerprint density at radius 3 is 2.60 bits per heavy atom. The van der Waals surface area contributed by atoms with Crippen LogP contribution in [0.2, 0.25) is 0 Å². The second-order valence-corrected chi connectivity index (χ2v) is 3.52. The van der Waals surface area contributed by atoms with Gasteiger partial charge in [0.1, 0.15) is 0 Å². The first kappa shape index (κ1) is 13.8. The molecule has 15 heavy (non-hydrogen) atoms.